The number of hydrogen-bond acceptors (Lipinski definition) is 5. The van der Waals surface area contributed by atoms with Crippen LogP contribution in [0.1, 0.15) is 30.5 Å². The van der Waals surface area contributed by atoms with Crippen molar-refractivity contribution in [3.8, 4) is 0 Å². The third-order valence-electron chi connectivity index (χ3n) is 5.42. The van der Waals surface area contributed by atoms with Gasteiger partial charge >= 0.3 is 0 Å². The number of nitrogens with zero attached hydrogens (tertiary/aromatic N) is 2. The van der Waals surface area contributed by atoms with E-state index in [0.717, 1.165) is 32.8 Å². The SMILES string of the molecule is CC(=O)Nc1ccc(N2C(=S)NC(c3ccccn3)C2c2ccc(Sc3ccccc3)o2)cc1. The van der Waals surface area contributed by atoms with E-state index >= 15 is 0 Å². The van der Waals surface area contributed by atoms with Gasteiger partial charge in [0.2, 0.25) is 5.91 Å². The molecular weight excluding hydrogens is 464 g/mol. The van der Waals surface area contributed by atoms with E-state index in [2.05, 4.69) is 27.8 Å². The highest BCUT2D eigenvalue weighted by Gasteiger charge is 2.42. The van der Waals surface area contributed by atoms with Gasteiger partial charge in [0.15, 0.2) is 10.2 Å². The van der Waals surface area contributed by atoms with Gasteiger partial charge in [0, 0.05) is 29.4 Å². The molecule has 1 fully saturated rings. The number of amides is 1. The maximum Gasteiger partial charge on any atom is 0.221 e. The van der Waals surface area contributed by atoms with Crippen molar-refractivity contribution in [3.63, 3.8) is 0 Å². The summed E-state index contributed by atoms with van der Waals surface area (Å²) in [6, 6.07) is 27.1. The van der Waals surface area contributed by atoms with Gasteiger partial charge in [0.1, 0.15) is 11.8 Å². The van der Waals surface area contributed by atoms with E-state index < -0.39 is 0 Å². The lowest BCUT2D eigenvalue weighted by molar-refractivity contribution is -0.114. The molecule has 2 N–H and O–H groups in total. The van der Waals surface area contributed by atoms with E-state index in [0.29, 0.717) is 5.11 Å². The van der Waals surface area contributed by atoms with E-state index in [4.69, 9.17) is 16.6 Å². The fourth-order valence-corrected chi connectivity index (χ4v) is 5.13. The molecule has 0 aliphatic carbocycles. The number of anilines is 2. The first-order chi connectivity index (χ1) is 16.6. The Balaban J connectivity index is 1.50. The molecule has 1 saturated heterocycles. The Kier molecular flexibility index (Phi) is 6.33. The van der Waals surface area contributed by atoms with Crippen LogP contribution in [0, 0.1) is 0 Å². The first-order valence-corrected chi connectivity index (χ1v) is 12.0. The standard InChI is InChI=1S/C26H22N4O2S2/c1-17(31)28-18-10-12-19(13-11-18)30-25(24(29-26(30)33)21-9-5-6-16-27-21)22-14-15-23(32-22)34-20-7-3-2-4-8-20/h2-16,24-25H,1H3,(H,28,31)(H,29,33). The molecular formula is C26H22N4O2S2. The van der Waals surface area contributed by atoms with E-state index in [1.807, 2.05) is 77.7 Å². The van der Waals surface area contributed by atoms with Gasteiger partial charge in [-0.1, -0.05) is 36.0 Å². The number of furan rings is 1. The van der Waals surface area contributed by atoms with Crippen LogP contribution < -0.4 is 15.5 Å². The first-order valence-electron chi connectivity index (χ1n) is 10.8. The summed E-state index contributed by atoms with van der Waals surface area (Å²) in [5.41, 5.74) is 2.50. The Hall–Kier alpha value is -3.62. The minimum Gasteiger partial charge on any atom is -0.452 e. The molecule has 0 saturated carbocycles. The highest BCUT2D eigenvalue weighted by molar-refractivity contribution is 7.99. The molecule has 0 bridgehead atoms. The molecule has 1 aliphatic heterocycles. The van der Waals surface area contributed by atoms with Crippen molar-refractivity contribution in [1.82, 2.24) is 10.3 Å². The molecule has 1 amide bonds. The lowest BCUT2D eigenvalue weighted by Gasteiger charge is -2.26. The van der Waals surface area contributed by atoms with Crippen LogP contribution in [-0.4, -0.2) is 16.0 Å². The molecule has 0 spiro atoms. The molecule has 170 valence electrons. The van der Waals surface area contributed by atoms with Crippen LogP contribution in [0.25, 0.3) is 0 Å². The summed E-state index contributed by atoms with van der Waals surface area (Å²) in [5, 5.41) is 7.62. The Bertz CT molecular complexity index is 1290. The molecule has 34 heavy (non-hydrogen) atoms. The predicted molar refractivity (Wildman–Crippen MR) is 138 cm³/mol. The van der Waals surface area contributed by atoms with Crippen molar-refractivity contribution in [2.24, 2.45) is 0 Å². The van der Waals surface area contributed by atoms with Gasteiger partial charge in [-0.05, 0) is 72.9 Å². The molecule has 2 aromatic carbocycles. The molecule has 2 atom stereocenters. The second-order valence-electron chi connectivity index (χ2n) is 7.80. The van der Waals surface area contributed by atoms with Crippen LogP contribution in [0.3, 0.4) is 0 Å². The molecule has 2 unspecified atom stereocenters. The van der Waals surface area contributed by atoms with Crippen molar-refractivity contribution >= 4 is 46.4 Å². The number of hydrogen-bond donors (Lipinski definition) is 2. The van der Waals surface area contributed by atoms with E-state index in [-0.39, 0.29) is 18.0 Å². The van der Waals surface area contributed by atoms with Crippen molar-refractivity contribution in [1.29, 1.82) is 0 Å². The number of pyridine rings is 1. The fourth-order valence-electron chi connectivity index (χ4n) is 3.98. The zero-order valence-corrected chi connectivity index (χ0v) is 20.0. The van der Waals surface area contributed by atoms with Crippen LogP contribution in [0.4, 0.5) is 11.4 Å². The number of benzene rings is 2. The predicted octanol–water partition coefficient (Wildman–Crippen LogP) is 5.96. The molecule has 2 aromatic heterocycles. The van der Waals surface area contributed by atoms with Gasteiger partial charge in [-0.25, -0.2) is 0 Å². The largest absolute Gasteiger partial charge is 0.452 e. The first kappa shape index (κ1) is 22.2. The number of thiocarbonyl (C=S) groups is 1. The quantitative estimate of drug-likeness (QED) is 0.326. The van der Waals surface area contributed by atoms with E-state index in [1.165, 1.54) is 6.92 Å². The van der Waals surface area contributed by atoms with Crippen molar-refractivity contribution < 1.29 is 9.21 Å². The summed E-state index contributed by atoms with van der Waals surface area (Å²) >= 11 is 7.34. The Morgan fingerprint density at radius 3 is 2.50 bits per heavy atom. The second-order valence-corrected chi connectivity index (χ2v) is 9.26. The maximum atomic E-state index is 11.4. The van der Waals surface area contributed by atoms with Crippen molar-refractivity contribution in [2.75, 3.05) is 10.2 Å². The number of rotatable bonds is 6. The minimum absolute atomic E-state index is 0.113. The lowest BCUT2D eigenvalue weighted by atomic mass is 10.0. The average Bonchev–Trinajstić information content (AvgIpc) is 3.44. The average molecular weight is 487 g/mol. The summed E-state index contributed by atoms with van der Waals surface area (Å²) in [6.45, 7) is 1.49. The second kappa shape index (κ2) is 9.70. The molecule has 1 aliphatic rings. The summed E-state index contributed by atoms with van der Waals surface area (Å²) in [6.07, 6.45) is 1.78. The minimum atomic E-state index is -0.237. The van der Waals surface area contributed by atoms with Crippen LogP contribution >= 0.6 is 24.0 Å². The van der Waals surface area contributed by atoms with Crippen molar-refractivity contribution in [2.45, 2.75) is 29.0 Å². The highest BCUT2D eigenvalue weighted by Crippen LogP contribution is 2.43. The monoisotopic (exact) mass is 486 g/mol. The molecule has 0 radical (unpaired) electrons. The molecule has 3 heterocycles. The van der Waals surface area contributed by atoms with Gasteiger partial charge in [-0.15, -0.1) is 0 Å². The van der Waals surface area contributed by atoms with Crippen molar-refractivity contribution in [3.05, 3.63) is 103 Å². The van der Waals surface area contributed by atoms with Gasteiger partial charge in [-0.3, -0.25) is 9.78 Å². The van der Waals surface area contributed by atoms with Crippen LogP contribution in [-0.2, 0) is 4.79 Å². The van der Waals surface area contributed by atoms with Gasteiger partial charge < -0.3 is 20.0 Å². The number of carbonyl (C=O) groups excluding carboxylic acids is 1. The number of aromatic nitrogens is 1. The highest BCUT2D eigenvalue weighted by atomic mass is 32.2. The van der Waals surface area contributed by atoms with E-state index in [1.54, 1.807) is 18.0 Å². The topological polar surface area (TPSA) is 70.4 Å². The molecule has 4 aromatic rings. The summed E-state index contributed by atoms with van der Waals surface area (Å²) < 4.78 is 6.34. The molecule has 8 heteroatoms. The zero-order valence-electron chi connectivity index (χ0n) is 18.3. The lowest BCUT2D eigenvalue weighted by Crippen LogP contribution is -2.29. The normalized spacial score (nSPS) is 17.4. The van der Waals surface area contributed by atoms with Crippen LogP contribution in [0.2, 0.25) is 0 Å². The summed E-state index contributed by atoms with van der Waals surface area (Å²) in [5.74, 6) is 0.672. The van der Waals surface area contributed by atoms with Gasteiger partial charge in [0.05, 0.1) is 11.7 Å². The molecule has 6 nitrogen and oxygen atoms in total. The zero-order chi connectivity index (χ0) is 23.5. The fraction of sp³-hybridized carbons (Fsp3) is 0.115. The number of carbonyl (C=O) groups is 1. The maximum absolute atomic E-state index is 11.4. The van der Waals surface area contributed by atoms with E-state index in [9.17, 15) is 4.79 Å². The summed E-state index contributed by atoms with van der Waals surface area (Å²) in [7, 11) is 0. The van der Waals surface area contributed by atoms with Crippen LogP contribution in [0.15, 0.2) is 106 Å². The summed E-state index contributed by atoms with van der Waals surface area (Å²) in [4.78, 5) is 19.1. The Morgan fingerprint density at radius 2 is 1.79 bits per heavy atom. The van der Waals surface area contributed by atoms with Gasteiger partial charge in [-0.2, -0.15) is 0 Å². The number of nitrogens with one attached hydrogen (secondary N) is 2. The van der Waals surface area contributed by atoms with Crippen LogP contribution in [0.5, 0.6) is 0 Å². The smallest absolute Gasteiger partial charge is 0.221 e. The third-order valence-corrected chi connectivity index (χ3v) is 6.66. The third kappa shape index (κ3) is 4.69. The Labute approximate surface area is 207 Å². The molecule has 5 rings (SSSR count). The Morgan fingerprint density at radius 1 is 1.03 bits per heavy atom. The van der Waals surface area contributed by atoms with Gasteiger partial charge in [0.25, 0.3) is 0 Å².